The largest absolute Gasteiger partial charge is 0.347 e. The van der Waals surface area contributed by atoms with Crippen LogP contribution in [0.2, 0.25) is 0 Å². The quantitative estimate of drug-likeness (QED) is 0.279. The van der Waals surface area contributed by atoms with Crippen molar-refractivity contribution in [3.63, 3.8) is 0 Å². The van der Waals surface area contributed by atoms with Crippen LogP contribution in [0.3, 0.4) is 0 Å². The number of pyridine rings is 1. The number of benzene rings is 4. The molecule has 1 aromatic heterocycles. The Morgan fingerprint density at radius 1 is 0.765 bits per heavy atom. The van der Waals surface area contributed by atoms with E-state index < -0.39 is 0 Å². The molecule has 166 valence electrons. The molecule has 0 saturated carbocycles. The number of para-hydroxylation sites is 1. The number of fused-ring (bicyclic) bond motifs is 4. The molecule has 1 atom stereocenters. The number of hydrogen-bond donors (Lipinski definition) is 0. The van der Waals surface area contributed by atoms with Crippen LogP contribution in [0.15, 0.2) is 109 Å². The number of hydrogen-bond acceptors (Lipinski definition) is 1. The first-order valence-corrected chi connectivity index (χ1v) is 12.0. The van der Waals surface area contributed by atoms with E-state index in [9.17, 15) is 0 Å². The minimum atomic E-state index is -0.162. The lowest BCUT2D eigenvalue weighted by molar-refractivity contribution is -0.646. The molecule has 0 N–H and O–H groups in total. The van der Waals surface area contributed by atoms with Crippen molar-refractivity contribution in [1.29, 1.82) is 0 Å². The summed E-state index contributed by atoms with van der Waals surface area (Å²) in [4.78, 5) is 2.40. The zero-order valence-electron chi connectivity index (χ0n) is 20.0. The Morgan fingerprint density at radius 3 is 2.26 bits per heavy atom. The monoisotopic (exact) mass is 441 g/mol. The number of aromatic nitrogens is 1. The van der Waals surface area contributed by atoms with Crippen molar-refractivity contribution >= 4 is 33.4 Å². The molecule has 4 aromatic carbocycles. The van der Waals surface area contributed by atoms with E-state index in [4.69, 9.17) is 0 Å². The van der Waals surface area contributed by atoms with Crippen molar-refractivity contribution in [3.8, 4) is 0 Å². The van der Waals surface area contributed by atoms with Gasteiger partial charge in [-0.15, -0.1) is 0 Å². The van der Waals surface area contributed by atoms with E-state index >= 15 is 0 Å². The molecular weight excluding hydrogens is 412 g/mol. The molecule has 2 heterocycles. The number of rotatable bonds is 3. The predicted molar refractivity (Wildman–Crippen MR) is 143 cm³/mol. The fraction of sp³-hybridized carbons (Fsp3) is 0.156. The smallest absolute Gasteiger partial charge is 0.212 e. The number of allylic oxidation sites excluding steroid dienone is 1. The lowest BCUT2D eigenvalue weighted by Gasteiger charge is -2.29. The first kappa shape index (κ1) is 20.7. The third-order valence-corrected chi connectivity index (χ3v) is 7.55. The molecule has 2 nitrogen and oxygen atoms in total. The summed E-state index contributed by atoms with van der Waals surface area (Å²) < 4.78 is 2.31. The van der Waals surface area contributed by atoms with Gasteiger partial charge in [-0.2, -0.15) is 4.57 Å². The summed E-state index contributed by atoms with van der Waals surface area (Å²) in [6.07, 6.45) is 3.34. The Labute approximate surface area is 201 Å². The van der Waals surface area contributed by atoms with Crippen LogP contribution in [-0.4, -0.2) is 7.05 Å². The molecule has 0 amide bonds. The average molecular weight is 442 g/mol. The van der Waals surface area contributed by atoms with Gasteiger partial charge >= 0.3 is 0 Å². The second-order valence-corrected chi connectivity index (χ2v) is 9.64. The number of aryl methyl sites for hydroxylation is 1. The lowest BCUT2D eigenvalue weighted by atomic mass is 9.74. The third-order valence-electron chi connectivity index (χ3n) is 7.55. The molecule has 6 rings (SSSR count). The van der Waals surface area contributed by atoms with Gasteiger partial charge in [0.25, 0.3) is 0 Å². The van der Waals surface area contributed by atoms with Crippen LogP contribution >= 0.6 is 0 Å². The van der Waals surface area contributed by atoms with Gasteiger partial charge < -0.3 is 4.90 Å². The highest BCUT2D eigenvalue weighted by Gasteiger charge is 2.44. The van der Waals surface area contributed by atoms with E-state index in [1.807, 2.05) is 0 Å². The second-order valence-electron chi connectivity index (χ2n) is 9.64. The van der Waals surface area contributed by atoms with Crippen molar-refractivity contribution in [2.24, 2.45) is 7.05 Å². The van der Waals surface area contributed by atoms with Crippen LogP contribution in [0.25, 0.3) is 27.8 Å². The Kier molecular flexibility index (Phi) is 4.77. The molecule has 0 saturated heterocycles. The summed E-state index contributed by atoms with van der Waals surface area (Å²) in [5, 5.41) is 3.90. The van der Waals surface area contributed by atoms with Crippen molar-refractivity contribution < 1.29 is 4.57 Å². The van der Waals surface area contributed by atoms with Crippen molar-refractivity contribution in [2.75, 3.05) is 11.9 Å². The maximum atomic E-state index is 2.42. The minimum Gasteiger partial charge on any atom is -0.347 e. The van der Waals surface area contributed by atoms with Crippen LogP contribution in [0.1, 0.15) is 23.7 Å². The third kappa shape index (κ3) is 3.13. The first-order valence-electron chi connectivity index (χ1n) is 12.0. The zero-order chi connectivity index (χ0) is 23.3. The van der Waals surface area contributed by atoms with Gasteiger partial charge in [-0.3, -0.25) is 0 Å². The zero-order valence-corrected chi connectivity index (χ0v) is 20.0. The summed E-state index contributed by atoms with van der Waals surface area (Å²) in [5.41, 5.74) is 7.69. The minimum absolute atomic E-state index is 0.162. The Morgan fingerprint density at radius 2 is 1.44 bits per heavy atom. The molecule has 5 aromatic rings. The summed E-state index contributed by atoms with van der Waals surface area (Å²) in [7, 11) is 4.39. The summed E-state index contributed by atoms with van der Waals surface area (Å²) in [6, 6.07) is 37.3. The second kappa shape index (κ2) is 7.85. The molecule has 0 fully saturated rings. The Hall–Kier alpha value is -3.91. The molecule has 34 heavy (non-hydrogen) atoms. The van der Waals surface area contributed by atoms with E-state index in [2.05, 4.69) is 140 Å². The highest BCUT2D eigenvalue weighted by atomic mass is 15.2. The van der Waals surface area contributed by atoms with Crippen LogP contribution in [-0.2, 0) is 18.9 Å². The molecular formula is C32H29N2+. The van der Waals surface area contributed by atoms with Gasteiger partial charge in [-0.25, -0.2) is 0 Å². The van der Waals surface area contributed by atoms with Gasteiger partial charge in [-0.05, 0) is 53.4 Å². The molecule has 0 bridgehead atoms. The molecule has 0 spiro atoms. The van der Waals surface area contributed by atoms with E-state index in [0.717, 1.165) is 6.42 Å². The van der Waals surface area contributed by atoms with Gasteiger partial charge in [0.05, 0.1) is 0 Å². The maximum absolute atomic E-state index is 2.42. The van der Waals surface area contributed by atoms with Crippen LogP contribution in [0.5, 0.6) is 0 Å². The van der Waals surface area contributed by atoms with Gasteiger partial charge in [-0.1, -0.05) is 72.8 Å². The summed E-state index contributed by atoms with van der Waals surface area (Å²) in [6.45, 7) is 2.42. The van der Waals surface area contributed by atoms with E-state index in [0.29, 0.717) is 0 Å². The SMILES string of the molecule is CN1/C(=C/c2ccc3ccccc3[n+]2C)C(C)(Cc2ccccc2)c2c1ccc1ccccc21. The summed E-state index contributed by atoms with van der Waals surface area (Å²) >= 11 is 0. The normalized spacial score (nSPS) is 18.7. The Bertz CT molecular complexity index is 1560. The fourth-order valence-corrected chi connectivity index (χ4v) is 5.83. The molecule has 2 heteroatoms. The number of likely N-dealkylation sites (N-methyl/N-ethyl adjacent to an activating group) is 1. The van der Waals surface area contributed by atoms with E-state index in [1.165, 1.54) is 49.9 Å². The van der Waals surface area contributed by atoms with E-state index in [-0.39, 0.29) is 5.41 Å². The lowest BCUT2D eigenvalue weighted by Crippen LogP contribution is -2.34. The fourth-order valence-electron chi connectivity index (χ4n) is 5.83. The molecule has 1 aliphatic rings. The van der Waals surface area contributed by atoms with Crippen molar-refractivity contribution in [2.45, 2.75) is 18.8 Å². The number of anilines is 1. The molecule has 0 radical (unpaired) electrons. The van der Waals surface area contributed by atoms with Crippen LogP contribution < -0.4 is 9.47 Å². The van der Waals surface area contributed by atoms with Gasteiger partial charge in [0.15, 0.2) is 0 Å². The van der Waals surface area contributed by atoms with Crippen LogP contribution in [0, 0.1) is 0 Å². The standard InChI is InChI=1S/C32H29N2/c1-32(22-23-11-5-4-6-12-23)30(21-26-19-17-25-14-8-10-16-28(25)33(26)2)34(3)29-20-18-24-13-7-9-15-27(24)31(29)32/h4-21H,22H2,1-3H3/q+1. The molecule has 1 aliphatic heterocycles. The topological polar surface area (TPSA) is 7.12 Å². The summed E-state index contributed by atoms with van der Waals surface area (Å²) in [5.74, 6) is 0. The van der Waals surface area contributed by atoms with Gasteiger partial charge in [0.1, 0.15) is 7.05 Å². The average Bonchev–Trinajstić information content (AvgIpc) is 3.08. The molecule has 0 aliphatic carbocycles. The highest BCUT2D eigenvalue weighted by molar-refractivity contribution is 5.95. The first-order chi connectivity index (χ1) is 16.6. The van der Waals surface area contributed by atoms with Crippen molar-refractivity contribution in [1.82, 2.24) is 0 Å². The van der Waals surface area contributed by atoms with E-state index in [1.54, 1.807) is 0 Å². The number of nitrogens with zero attached hydrogens (tertiary/aromatic N) is 2. The van der Waals surface area contributed by atoms with Gasteiger partial charge in [0.2, 0.25) is 11.2 Å². The van der Waals surface area contributed by atoms with Crippen molar-refractivity contribution in [3.05, 3.63) is 126 Å². The molecule has 1 unspecified atom stereocenters. The predicted octanol–water partition coefficient (Wildman–Crippen LogP) is 6.81. The van der Waals surface area contributed by atoms with Crippen LogP contribution in [0.4, 0.5) is 5.69 Å². The van der Waals surface area contributed by atoms with Gasteiger partial charge in [0, 0.05) is 47.4 Å². The maximum Gasteiger partial charge on any atom is 0.212 e. The Balaban J connectivity index is 1.61. The highest BCUT2D eigenvalue weighted by Crippen LogP contribution is 2.52.